The molecule has 5 nitrogen and oxygen atoms in total. The van der Waals surface area contributed by atoms with Crippen molar-refractivity contribution in [1.29, 1.82) is 0 Å². The Morgan fingerprint density at radius 1 is 1.44 bits per heavy atom. The van der Waals surface area contributed by atoms with Crippen molar-refractivity contribution in [2.24, 2.45) is 5.73 Å². The summed E-state index contributed by atoms with van der Waals surface area (Å²) in [6, 6.07) is 7.63. The lowest BCUT2D eigenvalue weighted by atomic mass is 9.94. The molecule has 0 fully saturated rings. The van der Waals surface area contributed by atoms with E-state index in [4.69, 9.17) is 5.73 Å². The first-order chi connectivity index (χ1) is 8.60. The van der Waals surface area contributed by atoms with Crippen LogP contribution < -0.4 is 10.5 Å². The summed E-state index contributed by atoms with van der Waals surface area (Å²) < 4.78 is 28.2. The molecule has 0 saturated carbocycles. The Labute approximate surface area is 108 Å². The minimum Gasteiger partial charge on any atom is -0.329 e. The molecule has 100 valence electrons. The number of hydrogen-bond acceptors (Lipinski definition) is 3. The Balaban J connectivity index is 2.37. The van der Waals surface area contributed by atoms with E-state index in [0.717, 1.165) is 12.0 Å². The summed E-state index contributed by atoms with van der Waals surface area (Å²) in [5.74, 6) is 0. The maximum absolute atomic E-state index is 12.1. The summed E-state index contributed by atoms with van der Waals surface area (Å²) in [6.45, 7) is 2.93. The Hall–Kier alpha value is -0.950. The lowest BCUT2D eigenvalue weighted by Gasteiger charge is -2.35. The van der Waals surface area contributed by atoms with Gasteiger partial charge in [0.1, 0.15) is 0 Å². The Kier molecular flexibility index (Phi) is 4.01. The molecule has 6 heteroatoms. The normalized spacial score (nSPS) is 20.7. The molecule has 0 spiro atoms. The first-order valence-electron chi connectivity index (χ1n) is 6.14. The third kappa shape index (κ3) is 2.42. The predicted octanol–water partition coefficient (Wildman–Crippen LogP) is 0.399. The van der Waals surface area contributed by atoms with Gasteiger partial charge in [0.2, 0.25) is 0 Å². The maximum Gasteiger partial charge on any atom is 0.280 e. The largest absolute Gasteiger partial charge is 0.329 e. The van der Waals surface area contributed by atoms with Crippen molar-refractivity contribution in [1.82, 2.24) is 9.03 Å². The van der Waals surface area contributed by atoms with Gasteiger partial charge in [-0.25, -0.2) is 4.72 Å². The summed E-state index contributed by atoms with van der Waals surface area (Å²) in [7, 11) is -3.43. The van der Waals surface area contributed by atoms with Gasteiger partial charge < -0.3 is 5.73 Å². The number of nitrogens with zero attached hydrogens (tertiary/aromatic N) is 1. The molecule has 1 aromatic rings. The zero-order chi connectivity index (χ0) is 13.2. The molecule has 1 aromatic carbocycles. The summed E-state index contributed by atoms with van der Waals surface area (Å²) in [5.41, 5.74) is 7.98. The van der Waals surface area contributed by atoms with E-state index < -0.39 is 10.2 Å². The molecule has 1 aliphatic rings. The second-order valence-electron chi connectivity index (χ2n) is 4.31. The number of fused-ring (bicyclic) bond motifs is 1. The van der Waals surface area contributed by atoms with E-state index in [1.165, 1.54) is 9.87 Å². The van der Waals surface area contributed by atoms with Crippen molar-refractivity contribution in [2.45, 2.75) is 19.4 Å². The third-order valence-corrected chi connectivity index (χ3v) is 4.93. The fourth-order valence-corrected chi connectivity index (χ4v) is 3.82. The summed E-state index contributed by atoms with van der Waals surface area (Å²) in [5, 5.41) is 0. The fraction of sp³-hybridized carbons (Fsp3) is 0.500. The number of nitrogens with two attached hydrogens (primary N) is 1. The van der Waals surface area contributed by atoms with Crippen LogP contribution in [0.25, 0.3) is 0 Å². The van der Waals surface area contributed by atoms with Gasteiger partial charge in [0, 0.05) is 19.6 Å². The van der Waals surface area contributed by atoms with Crippen LogP contribution in [0.2, 0.25) is 0 Å². The number of nitrogens with one attached hydrogen (secondary N) is 1. The van der Waals surface area contributed by atoms with Crippen LogP contribution in [0.3, 0.4) is 0 Å². The Morgan fingerprint density at radius 3 is 2.83 bits per heavy atom. The molecule has 0 aliphatic carbocycles. The van der Waals surface area contributed by atoms with E-state index in [-0.39, 0.29) is 6.04 Å². The molecule has 0 saturated heterocycles. The van der Waals surface area contributed by atoms with Gasteiger partial charge in [-0.15, -0.1) is 0 Å². The van der Waals surface area contributed by atoms with Crippen molar-refractivity contribution in [3.8, 4) is 0 Å². The second kappa shape index (κ2) is 5.36. The van der Waals surface area contributed by atoms with E-state index in [9.17, 15) is 8.42 Å². The molecular formula is C12H19N3O2S. The Bertz CT molecular complexity index is 516. The first kappa shape index (κ1) is 13.5. The number of benzene rings is 1. The molecular weight excluding hydrogens is 250 g/mol. The molecule has 18 heavy (non-hydrogen) atoms. The standard InChI is InChI=1S/C12H19N3O2S/c1-2-14-18(16,17)15-8-7-10-5-3-4-6-11(10)12(15)9-13/h3-6,12,14H,2,7-9,13H2,1H3. The lowest BCUT2D eigenvalue weighted by Crippen LogP contribution is -2.48. The van der Waals surface area contributed by atoms with Gasteiger partial charge in [0.15, 0.2) is 0 Å². The highest BCUT2D eigenvalue weighted by Gasteiger charge is 2.33. The predicted molar refractivity (Wildman–Crippen MR) is 71.2 cm³/mol. The average molecular weight is 269 g/mol. The van der Waals surface area contributed by atoms with Crippen LogP contribution in [0.1, 0.15) is 24.1 Å². The quantitative estimate of drug-likeness (QED) is 0.830. The van der Waals surface area contributed by atoms with Crippen molar-refractivity contribution in [3.63, 3.8) is 0 Å². The molecule has 0 bridgehead atoms. The third-order valence-electron chi connectivity index (χ3n) is 3.22. The SMILES string of the molecule is CCNS(=O)(=O)N1CCc2ccccc2C1CN. The molecule has 2 rings (SSSR count). The van der Waals surface area contributed by atoms with E-state index in [1.54, 1.807) is 6.92 Å². The Morgan fingerprint density at radius 2 is 2.17 bits per heavy atom. The van der Waals surface area contributed by atoms with Crippen LogP contribution in [-0.4, -0.2) is 32.4 Å². The van der Waals surface area contributed by atoms with E-state index in [0.29, 0.717) is 19.6 Å². The molecule has 1 atom stereocenters. The highest BCUT2D eigenvalue weighted by Crippen LogP contribution is 2.30. The van der Waals surface area contributed by atoms with Crippen LogP contribution >= 0.6 is 0 Å². The van der Waals surface area contributed by atoms with Gasteiger partial charge in [0.25, 0.3) is 10.2 Å². The van der Waals surface area contributed by atoms with Crippen LogP contribution in [-0.2, 0) is 16.6 Å². The fourth-order valence-electron chi connectivity index (χ4n) is 2.43. The van der Waals surface area contributed by atoms with Crippen molar-refractivity contribution in [2.75, 3.05) is 19.6 Å². The van der Waals surface area contributed by atoms with E-state index in [1.807, 2.05) is 24.3 Å². The molecule has 1 heterocycles. The van der Waals surface area contributed by atoms with E-state index in [2.05, 4.69) is 4.72 Å². The molecule has 0 radical (unpaired) electrons. The lowest BCUT2D eigenvalue weighted by molar-refractivity contribution is 0.309. The molecule has 0 amide bonds. The highest BCUT2D eigenvalue weighted by molar-refractivity contribution is 7.87. The minimum absolute atomic E-state index is 0.265. The zero-order valence-corrected chi connectivity index (χ0v) is 11.3. The second-order valence-corrected chi connectivity index (χ2v) is 6.02. The van der Waals surface area contributed by atoms with Gasteiger partial charge in [-0.05, 0) is 17.5 Å². The van der Waals surface area contributed by atoms with Gasteiger partial charge in [0.05, 0.1) is 6.04 Å². The van der Waals surface area contributed by atoms with E-state index >= 15 is 0 Å². The summed E-state index contributed by atoms with van der Waals surface area (Å²) >= 11 is 0. The van der Waals surface area contributed by atoms with Crippen LogP contribution in [0.15, 0.2) is 24.3 Å². The maximum atomic E-state index is 12.1. The number of hydrogen-bond donors (Lipinski definition) is 2. The average Bonchev–Trinajstić information content (AvgIpc) is 2.37. The molecule has 1 aliphatic heterocycles. The minimum atomic E-state index is -3.43. The zero-order valence-electron chi connectivity index (χ0n) is 10.5. The number of rotatable bonds is 4. The van der Waals surface area contributed by atoms with Crippen LogP contribution in [0.4, 0.5) is 0 Å². The van der Waals surface area contributed by atoms with Crippen LogP contribution in [0.5, 0.6) is 0 Å². The molecule has 3 N–H and O–H groups in total. The van der Waals surface area contributed by atoms with Gasteiger partial charge in [-0.3, -0.25) is 0 Å². The van der Waals surface area contributed by atoms with Crippen molar-refractivity contribution < 1.29 is 8.42 Å². The molecule has 0 aromatic heterocycles. The van der Waals surface area contributed by atoms with Gasteiger partial charge >= 0.3 is 0 Å². The summed E-state index contributed by atoms with van der Waals surface area (Å²) in [6.07, 6.45) is 0.733. The summed E-state index contributed by atoms with van der Waals surface area (Å²) in [4.78, 5) is 0. The van der Waals surface area contributed by atoms with Gasteiger partial charge in [-0.1, -0.05) is 31.2 Å². The van der Waals surface area contributed by atoms with Crippen molar-refractivity contribution >= 4 is 10.2 Å². The van der Waals surface area contributed by atoms with Crippen molar-refractivity contribution in [3.05, 3.63) is 35.4 Å². The van der Waals surface area contributed by atoms with Crippen LogP contribution in [0, 0.1) is 0 Å². The highest BCUT2D eigenvalue weighted by atomic mass is 32.2. The van der Waals surface area contributed by atoms with Gasteiger partial charge in [-0.2, -0.15) is 12.7 Å². The monoisotopic (exact) mass is 269 g/mol. The first-order valence-corrected chi connectivity index (χ1v) is 7.58. The topological polar surface area (TPSA) is 75.4 Å². The smallest absolute Gasteiger partial charge is 0.280 e. The molecule has 1 unspecified atom stereocenters.